The first-order chi connectivity index (χ1) is 13.5. The van der Waals surface area contributed by atoms with Crippen LogP contribution < -0.4 is 4.90 Å². The molecule has 0 N–H and O–H groups in total. The molecule has 3 saturated heterocycles. The van der Waals surface area contributed by atoms with Crippen molar-refractivity contribution in [2.45, 2.75) is 39.3 Å². The first-order valence-corrected chi connectivity index (χ1v) is 10.0. The second kappa shape index (κ2) is 6.26. The number of aryl methyl sites for hydroxylation is 3. The molecule has 5 heteroatoms. The van der Waals surface area contributed by atoms with Crippen molar-refractivity contribution in [2.24, 2.45) is 5.92 Å². The Kier molecular flexibility index (Phi) is 3.93. The average molecular weight is 375 g/mol. The molecule has 5 nitrogen and oxygen atoms in total. The van der Waals surface area contributed by atoms with Gasteiger partial charge in [-0.15, -0.1) is 0 Å². The van der Waals surface area contributed by atoms with Gasteiger partial charge in [0.25, 0.3) is 5.91 Å². The predicted octanol–water partition coefficient (Wildman–Crippen LogP) is 3.15. The first-order valence-electron chi connectivity index (χ1n) is 10.0. The van der Waals surface area contributed by atoms with Crippen molar-refractivity contribution in [3.63, 3.8) is 0 Å². The van der Waals surface area contributed by atoms with E-state index in [0.717, 1.165) is 47.5 Å². The summed E-state index contributed by atoms with van der Waals surface area (Å²) < 4.78 is 0. The lowest BCUT2D eigenvalue weighted by atomic mass is 9.90. The van der Waals surface area contributed by atoms with Gasteiger partial charge in [-0.1, -0.05) is 48.0 Å². The molecule has 2 aromatic carbocycles. The van der Waals surface area contributed by atoms with Crippen molar-refractivity contribution in [3.05, 3.63) is 64.7 Å². The number of carbonyl (C=O) groups is 2. The Hall–Kier alpha value is -2.50. The van der Waals surface area contributed by atoms with E-state index < -0.39 is 0 Å². The third-order valence-corrected chi connectivity index (χ3v) is 6.41. The van der Waals surface area contributed by atoms with Gasteiger partial charge >= 0.3 is 0 Å². The van der Waals surface area contributed by atoms with Crippen LogP contribution in [0, 0.1) is 26.7 Å². The summed E-state index contributed by atoms with van der Waals surface area (Å²) in [5.41, 5.74) is 4.99. The van der Waals surface area contributed by atoms with E-state index in [1.165, 1.54) is 4.90 Å². The number of nitrogens with zero attached hydrogens (tertiary/aromatic N) is 3. The summed E-state index contributed by atoms with van der Waals surface area (Å²) in [5.74, 6) is -0.487. The fraction of sp³-hybridized carbons (Fsp3) is 0.391. The van der Waals surface area contributed by atoms with Crippen LogP contribution in [0.2, 0.25) is 0 Å². The molecule has 3 atom stereocenters. The minimum absolute atomic E-state index is 0.0618. The molecule has 28 heavy (non-hydrogen) atoms. The van der Waals surface area contributed by atoms with Crippen LogP contribution in [0.3, 0.4) is 0 Å². The Labute approximate surface area is 165 Å². The minimum Gasteiger partial charge on any atom is -0.274 e. The van der Waals surface area contributed by atoms with E-state index in [2.05, 4.69) is 22.2 Å². The summed E-state index contributed by atoms with van der Waals surface area (Å²) in [6.07, 6.45) is 1.02. The topological polar surface area (TPSA) is 43.9 Å². The first kappa shape index (κ1) is 17.6. The lowest BCUT2D eigenvalue weighted by Gasteiger charge is -2.30. The van der Waals surface area contributed by atoms with Gasteiger partial charge in [0.2, 0.25) is 5.91 Å². The van der Waals surface area contributed by atoms with Gasteiger partial charge in [0.1, 0.15) is 6.04 Å². The number of imide groups is 1. The van der Waals surface area contributed by atoms with Crippen molar-refractivity contribution in [1.29, 1.82) is 0 Å². The van der Waals surface area contributed by atoms with Crippen molar-refractivity contribution >= 4 is 17.5 Å². The number of amides is 2. The number of benzene rings is 2. The molecule has 2 amide bonds. The van der Waals surface area contributed by atoms with Crippen LogP contribution in [-0.2, 0) is 9.59 Å². The normalized spacial score (nSPS) is 27.5. The van der Waals surface area contributed by atoms with E-state index in [0.29, 0.717) is 0 Å². The van der Waals surface area contributed by atoms with Crippen LogP contribution in [-0.4, -0.2) is 41.0 Å². The van der Waals surface area contributed by atoms with Crippen molar-refractivity contribution in [2.75, 3.05) is 18.0 Å². The van der Waals surface area contributed by atoms with Gasteiger partial charge in [0.05, 0.1) is 17.6 Å². The maximum Gasteiger partial charge on any atom is 0.253 e. The molecule has 3 fully saturated rings. The quantitative estimate of drug-likeness (QED) is 0.757. The highest BCUT2D eigenvalue weighted by Crippen LogP contribution is 2.49. The fourth-order valence-electron chi connectivity index (χ4n) is 5.51. The maximum atomic E-state index is 13.7. The number of hydrogen-bond acceptors (Lipinski definition) is 4. The molecule has 5 rings (SSSR count). The smallest absolute Gasteiger partial charge is 0.253 e. The third kappa shape index (κ3) is 2.33. The molecule has 144 valence electrons. The Morgan fingerprint density at radius 2 is 1.43 bits per heavy atom. The number of hydrazine groups is 1. The maximum absolute atomic E-state index is 13.7. The molecule has 0 spiro atoms. The molecule has 0 radical (unpaired) electrons. The summed E-state index contributed by atoms with van der Waals surface area (Å²) in [4.78, 5) is 28.7. The van der Waals surface area contributed by atoms with Crippen LogP contribution in [0.5, 0.6) is 0 Å². The van der Waals surface area contributed by atoms with Gasteiger partial charge < -0.3 is 0 Å². The predicted molar refractivity (Wildman–Crippen MR) is 108 cm³/mol. The minimum atomic E-state index is -0.389. The number of anilines is 1. The molecule has 0 aromatic heterocycles. The molecule has 2 aromatic rings. The van der Waals surface area contributed by atoms with Crippen LogP contribution in [0.25, 0.3) is 0 Å². The summed E-state index contributed by atoms with van der Waals surface area (Å²) in [6.45, 7) is 7.75. The van der Waals surface area contributed by atoms with E-state index in [9.17, 15) is 9.59 Å². The molecule has 3 heterocycles. The molecule has 0 aliphatic carbocycles. The molecular formula is C23H25N3O2. The summed E-state index contributed by atoms with van der Waals surface area (Å²) >= 11 is 0. The van der Waals surface area contributed by atoms with Crippen LogP contribution in [0.4, 0.5) is 5.69 Å². The van der Waals surface area contributed by atoms with Gasteiger partial charge in [-0.05, 0) is 43.9 Å². The fourth-order valence-corrected chi connectivity index (χ4v) is 5.51. The van der Waals surface area contributed by atoms with E-state index in [1.54, 1.807) is 0 Å². The van der Waals surface area contributed by atoms with Crippen LogP contribution in [0.1, 0.15) is 34.7 Å². The standard InChI is InChI=1S/C23H25N3O2/c1-14-12-15(2)19(16(3)13-14)26-22(27)18-20(17-8-5-4-6-9-17)24-10-7-11-25(24)21(18)23(26)28/h4-6,8-9,12-13,18,20-21H,7,10-11H2,1-3H3/t18-,20-,21-/m0/s1. The zero-order chi connectivity index (χ0) is 19.6. The van der Waals surface area contributed by atoms with Crippen molar-refractivity contribution in [3.8, 4) is 0 Å². The second-order valence-electron chi connectivity index (χ2n) is 8.27. The SMILES string of the molecule is Cc1cc(C)c(N2C(=O)[C@@H]3[C@@H](C2=O)N2CCCN2[C@H]3c2ccccc2)c(C)c1. The Morgan fingerprint density at radius 1 is 0.821 bits per heavy atom. The van der Waals surface area contributed by atoms with Gasteiger partial charge in [-0.3, -0.25) is 9.59 Å². The van der Waals surface area contributed by atoms with Gasteiger partial charge in [-0.25, -0.2) is 14.9 Å². The Bertz CT molecular complexity index is 948. The van der Waals surface area contributed by atoms with Crippen molar-refractivity contribution < 1.29 is 9.59 Å². The highest BCUT2D eigenvalue weighted by Gasteiger charge is 2.63. The summed E-state index contributed by atoms with van der Waals surface area (Å²) in [6, 6.07) is 13.8. The lowest BCUT2D eigenvalue weighted by molar-refractivity contribution is -0.126. The van der Waals surface area contributed by atoms with Crippen molar-refractivity contribution in [1.82, 2.24) is 10.0 Å². The highest BCUT2D eigenvalue weighted by molar-refractivity contribution is 6.24. The Balaban J connectivity index is 1.62. The molecule has 0 bridgehead atoms. The number of carbonyl (C=O) groups excluding carboxylic acids is 2. The Morgan fingerprint density at radius 3 is 2.07 bits per heavy atom. The van der Waals surface area contributed by atoms with Gasteiger partial charge in [-0.2, -0.15) is 0 Å². The highest BCUT2D eigenvalue weighted by atomic mass is 16.2. The number of rotatable bonds is 2. The van der Waals surface area contributed by atoms with E-state index in [1.807, 2.05) is 51.1 Å². The molecular weight excluding hydrogens is 350 g/mol. The zero-order valence-electron chi connectivity index (χ0n) is 16.6. The van der Waals surface area contributed by atoms with Gasteiger partial charge in [0.15, 0.2) is 0 Å². The van der Waals surface area contributed by atoms with E-state index >= 15 is 0 Å². The van der Waals surface area contributed by atoms with E-state index in [-0.39, 0.29) is 29.8 Å². The number of fused-ring (bicyclic) bond motifs is 3. The third-order valence-electron chi connectivity index (χ3n) is 6.41. The summed E-state index contributed by atoms with van der Waals surface area (Å²) in [5, 5.41) is 4.41. The number of hydrogen-bond donors (Lipinski definition) is 0. The molecule has 3 aliphatic rings. The molecule has 0 unspecified atom stereocenters. The van der Waals surface area contributed by atoms with Gasteiger partial charge in [0, 0.05) is 13.1 Å². The molecule has 3 aliphatic heterocycles. The van der Waals surface area contributed by atoms with E-state index in [4.69, 9.17) is 0 Å². The monoisotopic (exact) mass is 375 g/mol. The molecule has 0 saturated carbocycles. The van der Waals surface area contributed by atoms with Crippen LogP contribution in [0.15, 0.2) is 42.5 Å². The summed E-state index contributed by atoms with van der Waals surface area (Å²) in [7, 11) is 0. The second-order valence-corrected chi connectivity index (χ2v) is 8.27. The largest absolute Gasteiger partial charge is 0.274 e. The van der Waals surface area contributed by atoms with Crippen LogP contribution >= 0.6 is 0 Å². The lowest BCUT2D eigenvalue weighted by Crippen LogP contribution is -2.44. The average Bonchev–Trinajstić information content (AvgIpc) is 3.29. The zero-order valence-corrected chi connectivity index (χ0v) is 16.6.